The zero-order valence-corrected chi connectivity index (χ0v) is 24.4. The lowest BCUT2D eigenvalue weighted by atomic mass is 9.76. The maximum atomic E-state index is 14.0. The first-order chi connectivity index (χ1) is 19.4. The second-order valence-electron chi connectivity index (χ2n) is 11.1. The molecule has 0 spiro atoms. The lowest BCUT2D eigenvalue weighted by Gasteiger charge is -2.47. The van der Waals surface area contributed by atoms with E-state index in [0.29, 0.717) is 42.6 Å². The standard InChI is InChI=1S/C30H36F7N3O2/c1-7-26(41)38(5)16-20-10-11-40(27(18(20)3)25-9-8-24(31)12-17(25)2)28(42)39(6)19(4)21-13-22(29(32,33)34)15-23(14-21)30(35,36)37/h8-9,12-15,18-20,27H,7,10-11,16H2,1-6H3/t18-,19-,20-,27-/m1/s1. The number of nitrogens with zero attached hydrogens (tertiary/aromatic N) is 3. The molecule has 0 saturated carbocycles. The van der Waals surface area contributed by atoms with Crippen LogP contribution in [0.5, 0.6) is 0 Å². The minimum absolute atomic E-state index is 0.0236. The highest BCUT2D eigenvalue weighted by Crippen LogP contribution is 2.43. The lowest BCUT2D eigenvalue weighted by molar-refractivity contribution is -0.143. The van der Waals surface area contributed by atoms with Gasteiger partial charge in [0.25, 0.3) is 0 Å². The van der Waals surface area contributed by atoms with Gasteiger partial charge in [0, 0.05) is 33.6 Å². The number of halogens is 7. The van der Waals surface area contributed by atoms with E-state index in [4.69, 9.17) is 0 Å². The van der Waals surface area contributed by atoms with Crippen molar-refractivity contribution in [3.05, 3.63) is 70.0 Å². The predicted molar refractivity (Wildman–Crippen MR) is 144 cm³/mol. The van der Waals surface area contributed by atoms with Gasteiger partial charge in [0.1, 0.15) is 5.82 Å². The normalized spacial score (nSPS) is 20.3. The van der Waals surface area contributed by atoms with Crippen LogP contribution in [-0.4, -0.2) is 53.8 Å². The maximum absolute atomic E-state index is 14.0. The van der Waals surface area contributed by atoms with Crippen LogP contribution >= 0.6 is 0 Å². The Kier molecular flexibility index (Phi) is 9.89. The molecular weight excluding hydrogens is 567 g/mol. The van der Waals surface area contributed by atoms with Gasteiger partial charge in [-0.2, -0.15) is 26.3 Å². The predicted octanol–water partition coefficient (Wildman–Crippen LogP) is 7.85. The largest absolute Gasteiger partial charge is 0.416 e. The van der Waals surface area contributed by atoms with Gasteiger partial charge in [0.15, 0.2) is 0 Å². The molecule has 42 heavy (non-hydrogen) atoms. The van der Waals surface area contributed by atoms with E-state index >= 15 is 0 Å². The molecule has 1 aliphatic heterocycles. The fourth-order valence-corrected chi connectivity index (χ4v) is 5.68. The third kappa shape index (κ3) is 7.18. The molecule has 2 aromatic rings. The number of alkyl halides is 6. The van der Waals surface area contributed by atoms with Crippen molar-refractivity contribution in [2.75, 3.05) is 27.2 Å². The number of hydrogen-bond acceptors (Lipinski definition) is 2. The van der Waals surface area contributed by atoms with Crippen LogP contribution < -0.4 is 0 Å². The number of piperidine rings is 1. The van der Waals surface area contributed by atoms with E-state index in [1.165, 1.54) is 31.0 Å². The lowest BCUT2D eigenvalue weighted by Crippen LogP contribution is -2.52. The first kappa shape index (κ1) is 33.2. The van der Waals surface area contributed by atoms with Gasteiger partial charge in [-0.1, -0.05) is 19.9 Å². The van der Waals surface area contributed by atoms with Crippen LogP contribution in [0.1, 0.15) is 73.5 Å². The molecule has 0 bridgehead atoms. The second-order valence-corrected chi connectivity index (χ2v) is 11.1. The van der Waals surface area contributed by atoms with Crippen molar-refractivity contribution in [1.29, 1.82) is 0 Å². The van der Waals surface area contributed by atoms with Crippen LogP contribution in [0.15, 0.2) is 36.4 Å². The van der Waals surface area contributed by atoms with Gasteiger partial charge in [-0.25, -0.2) is 9.18 Å². The van der Waals surface area contributed by atoms with Gasteiger partial charge in [-0.3, -0.25) is 4.79 Å². The Hall–Kier alpha value is -3.31. The number of urea groups is 1. The molecule has 0 aromatic heterocycles. The van der Waals surface area contributed by atoms with Gasteiger partial charge in [-0.05, 0) is 79.1 Å². The van der Waals surface area contributed by atoms with Crippen molar-refractivity contribution < 1.29 is 40.3 Å². The average Bonchev–Trinajstić information content (AvgIpc) is 2.91. The first-order valence-electron chi connectivity index (χ1n) is 13.7. The van der Waals surface area contributed by atoms with Crippen molar-refractivity contribution in [3.8, 4) is 0 Å². The molecule has 0 unspecified atom stereocenters. The highest BCUT2D eigenvalue weighted by molar-refractivity contribution is 5.76. The molecule has 1 fully saturated rings. The summed E-state index contributed by atoms with van der Waals surface area (Å²) in [6.07, 6.45) is -9.20. The number of amides is 3. The Morgan fingerprint density at radius 3 is 2.07 bits per heavy atom. The maximum Gasteiger partial charge on any atom is 0.416 e. The van der Waals surface area contributed by atoms with E-state index in [2.05, 4.69) is 0 Å². The molecule has 2 aromatic carbocycles. The summed E-state index contributed by atoms with van der Waals surface area (Å²) in [5.41, 5.74) is -1.97. The highest BCUT2D eigenvalue weighted by atomic mass is 19.4. The summed E-state index contributed by atoms with van der Waals surface area (Å²) in [6.45, 7) is 7.41. The number of aryl methyl sites for hydroxylation is 1. The van der Waals surface area contributed by atoms with Gasteiger partial charge in [-0.15, -0.1) is 0 Å². The van der Waals surface area contributed by atoms with E-state index in [0.717, 1.165) is 4.90 Å². The van der Waals surface area contributed by atoms with Gasteiger partial charge in [0.05, 0.1) is 23.2 Å². The van der Waals surface area contributed by atoms with Gasteiger partial charge in [0.2, 0.25) is 5.91 Å². The zero-order valence-electron chi connectivity index (χ0n) is 24.4. The van der Waals surface area contributed by atoms with E-state index in [-0.39, 0.29) is 35.9 Å². The Bertz CT molecular complexity index is 1260. The molecule has 5 nitrogen and oxygen atoms in total. The summed E-state index contributed by atoms with van der Waals surface area (Å²) in [6, 6.07) is 3.20. The highest BCUT2D eigenvalue weighted by Gasteiger charge is 2.42. The van der Waals surface area contributed by atoms with Crippen molar-refractivity contribution in [3.63, 3.8) is 0 Å². The molecule has 0 radical (unpaired) electrons. The van der Waals surface area contributed by atoms with Crippen molar-refractivity contribution >= 4 is 11.9 Å². The van der Waals surface area contributed by atoms with Crippen LogP contribution in [0.3, 0.4) is 0 Å². The van der Waals surface area contributed by atoms with Crippen molar-refractivity contribution in [2.24, 2.45) is 11.8 Å². The number of hydrogen-bond donors (Lipinski definition) is 0. The monoisotopic (exact) mass is 603 g/mol. The van der Waals surface area contributed by atoms with Crippen molar-refractivity contribution in [1.82, 2.24) is 14.7 Å². The van der Waals surface area contributed by atoms with Crippen LogP contribution in [-0.2, 0) is 17.1 Å². The van der Waals surface area contributed by atoms with Crippen LogP contribution in [0.4, 0.5) is 35.5 Å². The number of likely N-dealkylation sites (tertiary alicyclic amines) is 1. The number of rotatable bonds is 6. The van der Waals surface area contributed by atoms with E-state index in [1.54, 1.807) is 31.9 Å². The first-order valence-corrected chi connectivity index (χ1v) is 13.7. The van der Waals surface area contributed by atoms with E-state index in [1.807, 2.05) is 6.92 Å². The van der Waals surface area contributed by atoms with E-state index < -0.39 is 47.4 Å². The Morgan fingerprint density at radius 2 is 1.57 bits per heavy atom. The third-order valence-corrected chi connectivity index (χ3v) is 8.33. The number of carbonyl (C=O) groups excluding carboxylic acids is 2. The molecular formula is C30H36F7N3O2. The Labute approximate surface area is 241 Å². The summed E-state index contributed by atoms with van der Waals surface area (Å²) in [5.74, 6) is -0.737. The summed E-state index contributed by atoms with van der Waals surface area (Å²) in [5, 5.41) is 0. The molecule has 1 aliphatic rings. The molecule has 3 amide bonds. The molecule has 0 N–H and O–H groups in total. The smallest absolute Gasteiger partial charge is 0.345 e. The molecule has 1 heterocycles. The number of carbonyl (C=O) groups is 2. The molecule has 4 atom stereocenters. The fraction of sp³-hybridized carbons (Fsp3) is 0.533. The molecule has 3 rings (SSSR count). The molecule has 232 valence electrons. The van der Waals surface area contributed by atoms with Gasteiger partial charge < -0.3 is 14.7 Å². The van der Waals surface area contributed by atoms with E-state index in [9.17, 15) is 40.3 Å². The third-order valence-electron chi connectivity index (χ3n) is 8.33. The Morgan fingerprint density at radius 1 is 1.00 bits per heavy atom. The van der Waals surface area contributed by atoms with Crippen LogP contribution in [0, 0.1) is 24.6 Å². The molecule has 1 saturated heterocycles. The molecule has 12 heteroatoms. The Balaban J connectivity index is 2.00. The van der Waals surface area contributed by atoms with Crippen LogP contribution in [0.2, 0.25) is 0 Å². The fourth-order valence-electron chi connectivity index (χ4n) is 5.68. The summed E-state index contributed by atoms with van der Waals surface area (Å²) >= 11 is 0. The summed E-state index contributed by atoms with van der Waals surface area (Å²) < 4.78 is 94.9. The van der Waals surface area contributed by atoms with Crippen molar-refractivity contribution in [2.45, 2.75) is 65.0 Å². The minimum atomic E-state index is -5.02. The second kappa shape index (κ2) is 12.5. The molecule has 0 aliphatic carbocycles. The van der Waals surface area contributed by atoms with Crippen LogP contribution in [0.25, 0.3) is 0 Å². The quantitative estimate of drug-likeness (QED) is 0.316. The van der Waals surface area contributed by atoms with Gasteiger partial charge >= 0.3 is 18.4 Å². The summed E-state index contributed by atoms with van der Waals surface area (Å²) in [4.78, 5) is 30.5. The minimum Gasteiger partial charge on any atom is -0.345 e. The SMILES string of the molecule is CCC(=O)N(C)C[C@H]1CCN(C(=O)N(C)[C@H](C)c2cc(C(F)(F)F)cc(C(F)(F)F)c2)[C@@H](c2ccc(F)cc2C)[C@@H]1C. The summed E-state index contributed by atoms with van der Waals surface area (Å²) in [7, 11) is 3.04. The topological polar surface area (TPSA) is 43.9 Å². The number of benzene rings is 2. The zero-order chi connectivity index (χ0) is 31.7. The average molecular weight is 604 g/mol.